The molecule has 9 nitrogen and oxygen atoms in total. The number of carbonyl (C=O) groups excluding carboxylic acids is 1. The van der Waals surface area contributed by atoms with Gasteiger partial charge in [-0.3, -0.25) is 24.3 Å². The molecule has 0 bridgehead atoms. The van der Waals surface area contributed by atoms with Crippen LogP contribution in [-0.2, 0) is 11.3 Å². The Morgan fingerprint density at radius 3 is 2.87 bits per heavy atom. The topological polar surface area (TPSA) is 105 Å². The molecule has 0 saturated carbocycles. The molecule has 0 atom stereocenters. The van der Waals surface area contributed by atoms with Gasteiger partial charge in [0.1, 0.15) is 16.8 Å². The van der Waals surface area contributed by atoms with E-state index >= 15 is 0 Å². The Bertz CT molecular complexity index is 1220. The molecule has 1 aliphatic rings. The van der Waals surface area contributed by atoms with Crippen LogP contribution in [0.5, 0.6) is 0 Å². The van der Waals surface area contributed by atoms with E-state index in [9.17, 15) is 9.59 Å². The molecular formula is C21H24N6O3. The van der Waals surface area contributed by atoms with E-state index in [1.165, 1.54) is 10.5 Å². The number of carbonyl (C=O) groups is 1. The van der Waals surface area contributed by atoms with Gasteiger partial charge in [0.15, 0.2) is 0 Å². The van der Waals surface area contributed by atoms with Gasteiger partial charge in [0.25, 0.3) is 11.5 Å². The fourth-order valence-electron chi connectivity index (χ4n) is 3.60. The van der Waals surface area contributed by atoms with Crippen LogP contribution in [0.4, 0.5) is 0 Å². The van der Waals surface area contributed by atoms with E-state index in [1.54, 1.807) is 29.0 Å². The number of pyridine rings is 2. The van der Waals surface area contributed by atoms with Gasteiger partial charge in [0, 0.05) is 38.9 Å². The largest absolute Gasteiger partial charge is 0.379 e. The molecule has 9 heteroatoms. The fourth-order valence-corrected chi connectivity index (χ4v) is 3.60. The highest BCUT2D eigenvalue weighted by Crippen LogP contribution is 2.11. The average molecular weight is 408 g/mol. The van der Waals surface area contributed by atoms with E-state index < -0.39 is 5.91 Å². The maximum atomic E-state index is 13.1. The first-order valence-corrected chi connectivity index (χ1v) is 9.89. The standard InChI is InChI=1S/C21H24N6O3/c1-2-6-23-20(28)15-14-16-19(24-17-5-3-4-7-26(17)21(16)29)27(18(15)22)9-8-25-10-12-30-13-11-25/h2-5,7,14,22H,1,6,8-13H2,(H,23,28). The highest BCUT2D eigenvalue weighted by Gasteiger charge is 2.18. The van der Waals surface area contributed by atoms with E-state index in [0.29, 0.717) is 43.0 Å². The lowest BCUT2D eigenvalue weighted by Gasteiger charge is -2.27. The average Bonchev–Trinajstić information content (AvgIpc) is 2.77. The van der Waals surface area contributed by atoms with Crippen LogP contribution in [0.3, 0.4) is 0 Å². The minimum Gasteiger partial charge on any atom is -0.379 e. The van der Waals surface area contributed by atoms with Gasteiger partial charge in [-0.15, -0.1) is 6.58 Å². The van der Waals surface area contributed by atoms with Crippen molar-refractivity contribution in [2.75, 3.05) is 39.4 Å². The molecule has 4 rings (SSSR count). The summed E-state index contributed by atoms with van der Waals surface area (Å²) in [7, 11) is 0. The van der Waals surface area contributed by atoms with Crippen LogP contribution < -0.4 is 16.4 Å². The molecule has 156 valence electrons. The zero-order chi connectivity index (χ0) is 21.1. The summed E-state index contributed by atoms with van der Waals surface area (Å²) in [6.45, 7) is 7.95. The summed E-state index contributed by atoms with van der Waals surface area (Å²) >= 11 is 0. The van der Waals surface area contributed by atoms with Crippen molar-refractivity contribution in [1.29, 1.82) is 5.41 Å². The molecule has 1 aliphatic heterocycles. The van der Waals surface area contributed by atoms with Gasteiger partial charge < -0.3 is 14.6 Å². The Labute approximate surface area is 172 Å². The number of fused-ring (bicyclic) bond motifs is 2. The van der Waals surface area contributed by atoms with Gasteiger partial charge in [0.05, 0.1) is 24.2 Å². The number of aromatic nitrogens is 3. The van der Waals surface area contributed by atoms with Crippen LogP contribution in [0, 0.1) is 5.41 Å². The normalized spacial score (nSPS) is 14.8. The molecule has 0 radical (unpaired) electrons. The first-order valence-electron chi connectivity index (χ1n) is 9.89. The molecule has 4 heterocycles. The Balaban J connectivity index is 1.87. The number of morpholine rings is 1. The van der Waals surface area contributed by atoms with Crippen LogP contribution in [0.15, 0.2) is 47.9 Å². The lowest BCUT2D eigenvalue weighted by Crippen LogP contribution is -2.41. The highest BCUT2D eigenvalue weighted by molar-refractivity contribution is 5.96. The van der Waals surface area contributed by atoms with E-state index in [4.69, 9.17) is 10.1 Å². The van der Waals surface area contributed by atoms with Gasteiger partial charge in [-0.2, -0.15) is 0 Å². The van der Waals surface area contributed by atoms with Gasteiger partial charge >= 0.3 is 0 Å². The van der Waals surface area contributed by atoms with Crippen LogP contribution >= 0.6 is 0 Å². The second-order valence-electron chi connectivity index (χ2n) is 7.09. The maximum Gasteiger partial charge on any atom is 0.267 e. The molecule has 2 N–H and O–H groups in total. The quantitative estimate of drug-likeness (QED) is 0.453. The minimum absolute atomic E-state index is 0.0319. The van der Waals surface area contributed by atoms with Crippen molar-refractivity contribution in [3.63, 3.8) is 0 Å². The van der Waals surface area contributed by atoms with Crippen molar-refractivity contribution in [2.45, 2.75) is 6.54 Å². The van der Waals surface area contributed by atoms with Crippen molar-refractivity contribution in [2.24, 2.45) is 0 Å². The summed E-state index contributed by atoms with van der Waals surface area (Å²) < 4.78 is 8.50. The third-order valence-electron chi connectivity index (χ3n) is 5.21. The molecule has 0 unspecified atom stereocenters. The molecule has 3 aromatic rings. The second kappa shape index (κ2) is 8.60. The van der Waals surface area contributed by atoms with Gasteiger partial charge in [0.2, 0.25) is 0 Å². The molecule has 3 aromatic heterocycles. The first-order chi connectivity index (χ1) is 14.6. The number of rotatable bonds is 6. The lowest BCUT2D eigenvalue weighted by atomic mass is 10.2. The number of hydrogen-bond donors (Lipinski definition) is 2. The number of nitrogens with zero attached hydrogens (tertiary/aromatic N) is 4. The number of ether oxygens (including phenoxy) is 1. The summed E-state index contributed by atoms with van der Waals surface area (Å²) in [5.41, 5.74) is 0.808. The Kier molecular flexibility index (Phi) is 5.73. The second-order valence-corrected chi connectivity index (χ2v) is 7.09. The van der Waals surface area contributed by atoms with Crippen molar-refractivity contribution < 1.29 is 9.53 Å². The summed E-state index contributed by atoms with van der Waals surface area (Å²) in [6, 6.07) is 6.78. The molecule has 1 fully saturated rings. The zero-order valence-electron chi connectivity index (χ0n) is 16.6. The third kappa shape index (κ3) is 3.77. The van der Waals surface area contributed by atoms with Crippen LogP contribution in [-0.4, -0.2) is 64.2 Å². The van der Waals surface area contributed by atoms with Crippen molar-refractivity contribution in [3.05, 3.63) is 64.5 Å². The van der Waals surface area contributed by atoms with E-state index in [0.717, 1.165) is 13.1 Å². The fraction of sp³-hybridized carbons (Fsp3) is 0.333. The maximum absolute atomic E-state index is 13.1. The predicted octanol–water partition coefficient (Wildman–Crippen LogP) is 0.377. The number of nitrogens with one attached hydrogen (secondary N) is 2. The molecule has 1 saturated heterocycles. The summed E-state index contributed by atoms with van der Waals surface area (Å²) in [6.07, 6.45) is 3.22. The summed E-state index contributed by atoms with van der Waals surface area (Å²) in [4.78, 5) is 32.6. The summed E-state index contributed by atoms with van der Waals surface area (Å²) in [5.74, 6) is -0.417. The molecular weight excluding hydrogens is 384 g/mol. The Hall–Kier alpha value is -3.30. The van der Waals surface area contributed by atoms with E-state index in [1.807, 2.05) is 6.07 Å². The minimum atomic E-state index is -0.417. The van der Waals surface area contributed by atoms with Crippen molar-refractivity contribution in [1.82, 2.24) is 24.2 Å². The van der Waals surface area contributed by atoms with Gasteiger partial charge in [-0.25, -0.2) is 4.98 Å². The number of amides is 1. The van der Waals surface area contributed by atoms with E-state index in [-0.39, 0.29) is 23.2 Å². The summed E-state index contributed by atoms with van der Waals surface area (Å²) in [5, 5.41) is 11.7. The highest BCUT2D eigenvalue weighted by atomic mass is 16.5. The predicted molar refractivity (Wildman–Crippen MR) is 113 cm³/mol. The van der Waals surface area contributed by atoms with Gasteiger partial charge in [-0.05, 0) is 18.2 Å². The van der Waals surface area contributed by atoms with Crippen LogP contribution in [0.1, 0.15) is 10.4 Å². The lowest BCUT2D eigenvalue weighted by molar-refractivity contribution is 0.0363. The van der Waals surface area contributed by atoms with Crippen LogP contribution in [0.25, 0.3) is 16.7 Å². The molecule has 0 aromatic carbocycles. The SMILES string of the molecule is C=CCNC(=O)c1cc2c(=O)n3ccccc3nc2n(CCN2CCOCC2)c1=N. The monoisotopic (exact) mass is 408 g/mol. The van der Waals surface area contributed by atoms with Gasteiger partial charge in [-0.1, -0.05) is 12.1 Å². The van der Waals surface area contributed by atoms with Crippen molar-refractivity contribution in [3.8, 4) is 0 Å². The smallest absolute Gasteiger partial charge is 0.267 e. The van der Waals surface area contributed by atoms with Crippen LogP contribution in [0.2, 0.25) is 0 Å². The zero-order valence-corrected chi connectivity index (χ0v) is 16.6. The molecule has 0 aliphatic carbocycles. The molecule has 1 amide bonds. The number of hydrogen-bond acceptors (Lipinski definition) is 6. The van der Waals surface area contributed by atoms with Crippen molar-refractivity contribution >= 4 is 22.6 Å². The molecule has 0 spiro atoms. The Morgan fingerprint density at radius 2 is 2.10 bits per heavy atom. The first kappa shape index (κ1) is 20.0. The third-order valence-corrected chi connectivity index (χ3v) is 5.21. The Morgan fingerprint density at radius 1 is 1.30 bits per heavy atom. The van der Waals surface area contributed by atoms with E-state index in [2.05, 4.69) is 21.8 Å². The molecule has 30 heavy (non-hydrogen) atoms.